The lowest BCUT2D eigenvalue weighted by molar-refractivity contribution is -0.312. The number of carbonyl (C=O) groups is 1. The summed E-state index contributed by atoms with van der Waals surface area (Å²) in [6.07, 6.45) is 0.999. The van der Waals surface area contributed by atoms with Crippen molar-refractivity contribution in [3.05, 3.63) is 53.1 Å². The van der Waals surface area contributed by atoms with Crippen molar-refractivity contribution in [1.29, 1.82) is 0 Å². The summed E-state index contributed by atoms with van der Waals surface area (Å²) in [5.74, 6) is -1.32. The number of nitrogens with zero attached hydrogens (tertiary/aromatic N) is 2. The molecule has 0 saturated carbocycles. The predicted molar refractivity (Wildman–Crippen MR) is 103 cm³/mol. The molecule has 0 radical (unpaired) electrons. The van der Waals surface area contributed by atoms with Crippen molar-refractivity contribution in [3.63, 3.8) is 0 Å². The van der Waals surface area contributed by atoms with Crippen LogP contribution < -0.4 is 14.9 Å². The van der Waals surface area contributed by atoms with Gasteiger partial charge in [0, 0.05) is 53.6 Å². The first-order valence-corrected chi connectivity index (χ1v) is 9.32. The zero-order chi connectivity index (χ0) is 18.5. The first-order valence-electron chi connectivity index (χ1n) is 8.94. The van der Waals surface area contributed by atoms with E-state index in [0.717, 1.165) is 29.4 Å². The Morgan fingerprint density at radius 3 is 2.62 bits per heavy atom. The summed E-state index contributed by atoms with van der Waals surface area (Å²) in [6, 6.07) is 14.4. The molecule has 4 rings (SSSR count). The highest BCUT2D eigenvalue weighted by atomic mass is 35.5. The Balaban J connectivity index is 1.66. The van der Waals surface area contributed by atoms with Gasteiger partial charge in [-0.3, -0.25) is 0 Å². The SMILES string of the molecule is CC1(C)Cc2cc(Cl)ccc2N(c2cccc(N3CC(C(=O)[O-])C3)c2)C1. The summed E-state index contributed by atoms with van der Waals surface area (Å²) in [5, 5.41) is 11.7. The van der Waals surface area contributed by atoms with Crippen LogP contribution in [0.2, 0.25) is 5.02 Å². The van der Waals surface area contributed by atoms with E-state index in [1.165, 1.54) is 11.3 Å². The monoisotopic (exact) mass is 369 g/mol. The maximum atomic E-state index is 11.0. The van der Waals surface area contributed by atoms with E-state index in [4.69, 9.17) is 11.6 Å². The van der Waals surface area contributed by atoms with Crippen molar-refractivity contribution >= 4 is 34.6 Å². The number of aliphatic carboxylic acids is 1. The number of rotatable bonds is 3. The third kappa shape index (κ3) is 3.14. The minimum Gasteiger partial charge on any atom is -0.550 e. The van der Waals surface area contributed by atoms with Gasteiger partial charge in [-0.1, -0.05) is 31.5 Å². The molecular weight excluding hydrogens is 348 g/mol. The van der Waals surface area contributed by atoms with Gasteiger partial charge < -0.3 is 19.7 Å². The van der Waals surface area contributed by atoms with Gasteiger partial charge >= 0.3 is 0 Å². The summed E-state index contributed by atoms with van der Waals surface area (Å²) in [7, 11) is 0. The molecule has 136 valence electrons. The van der Waals surface area contributed by atoms with Crippen LogP contribution in [-0.2, 0) is 11.2 Å². The second-order valence-corrected chi connectivity index (χ2v) is 8.58. The molecule has 4 nitrogen and oxygen atoms in total. The van der Waals surface area contributed by atoms with E-state index in [2.05, 4.69) is 47.9 Å². The lowest BCUT2D eigenvalue weighted by atomic mass is 9.81. The Hall–Kier alpha value is -2.20. The van der Waals surface area contributed by atoms with Crippen molar-refractivity contribution in [2.75, 3.05) is 29.4 Å². The lowest BCUT2D eigenvalue weighted by Crippen LogP contribution is -2.54. The molecule has 1 fully saturated rings. The quantitative estimate of drug-likeness (QED) is 0.833. The van der Waals surface area contributed by atoms with Gasteiger partial charge in [-0.15, -0.1) is 0 Å². The topological polar surface area (TPSA) is 46.6 Å². The Labute approximate surface area is 159 Å². The highest BCUT2D eigenvalue weighted by Gasteiger charge is 2.32. The third-order valence-corrected chi connectivity index (χ3v) is 5.54. The Morgan fingerprint density at radius 1 is 1.15 bits per heavy atom. The van der Waals surface area contributed by atoms with Crippen LogP contribution in [0.5, 0.6) is 0 Å². The lowest BCUT2D eigenvalue weighted by Gasteiger charge is -2.43. The fraction of sp³-hybridized carbons (Fsp3) is 0.381. The van der Waals surface area contributed by atoms with Crippen LogP contribution in [-0.4, -0.2) is 25.6 Å². The van der Waals surface area contributed by atoms with Crippen LogP contribution in [0.4, 0.5) is 17.1 Å². The minimum atomic E-state index is -0.957. The van der Waals surface area contributed by atoms with E-state index in [0.29, 0.717) is 13.1 Å². The fourth-order valence-electron chi connectivity index (χ4n) is 3.97. The van der Waals surface area contributed by atoms with Crippen LogP contribution in [0.3, 0.4) is 0 Å². The molecule has 2 aromatic rings. The van der Waals surface area contributed by atoms with Crippen molar-refractivity contribution < 1.29 is 9.90 Å². The zero-order valence-corrected chi connectivity index (χ0v) is 15.8. The minimum absolute atomic E-state index is 0.143. The van der Waals surface area contributed by atoms with Gasteiger partial charge in [0.1, 0.15) is 0 Å². The first kappa shape index (κ1) is 17.2. The largest absolute Gasteiger partial charge is 0.550 e. The standard InChI is InChI=1S/C21H23ClN2O2/c1-21(2)10-14-8-16(22)6-7-19(14)24(13-21)18-5-3-4-17(9-18)23-11-15(12-23)20(25)26/h3-9,15H,10-13H2,1-2H3,(H,25,26)/p-1. The molecule has 26 heavy (non-hydrogen) atoms. The van der Waals surface area contributed by atoms with Crippen molar-refractivity contribution in [2.45, 2.75) is 20.3 Å². The van der Waals surface area contributed by atoms with Gasteiger partial charge in [-0.25, -0.2) is 0 Å². The van der Waals surface area contributed by atoms with E-state index in [-0.39, 0.29) is 11.3 Å². The number of anilines is 3. The maximum absolute atomic E-state index is 11.0. The molecule has 2 aliphatic rings. The van der Waals surface area contributed by atoms with Gasteiger partial charge in [-0.2, -0.15) is 0 Å². The van der Waals surface area contributed by atoms with Gasteiger partial charge in [0.05, 0.1) is 0 Å². The number of halogens is 1. The molecule has 1 saturated heterocycles. The second-order valence-electron chi connectivity index (χ2n) is 8.14. The van der Waals surface area contributed by atoms with Gasteiger partial charge in [-0.05, 0) is 53.8 Å². The zero-order valence-electron chi connectivity index (χ0n) is 15.0. The number of carboxylic acids is 1. The van der Waals surface area contributed by atoms with Crippen molar-refractivity contribution in [2.24, 2.45) is 11.3 Å². The summed E-state index contributed by atoms with van der Waals surface area (Å²) in [5.41, 5.74) is 4.78. The van der Waals surface area contributed by atoms with Crippen LogP contribution in [0.15, 0.2) is 42.5 Å². The molecule has 2 aliphatic heterocycles. The molecule has 0 aromatic heterocycles. The molecule has 0 spiro atoms. The normalized spacial score (nSPS) is 19.0. The number of hydrogen-bond donors (Lipinski definition) is 0. The smallest absolute Gasteiger partial charge is 0.0480 e. The molecular formula is C21H22ClN2O2-. The molecule has 5 heteroatoms. The van der Waals surface area contributed by atoms with E-state index >= 15 is 0 Å². The number of benzene rings is 2. The molecule has 2 aromatic carbocycles. The Kier molecular flexibility index (Phi) is 4.11. The van der Waals surface area contributed by atoms with Crippen LogP contribution >= 0.6 is 11.6 Å². The van der Waals surface area contributed by atoms with E-state index < -0.39 is 5.97 Å². The average Bonchev–Trinajstić information content (AvgIpc) is 2.51. The summed E-state index contributed by atoms with van der Waals surface area (Å²) < 4.78 is 0. The maximum Gasteiger partial charge on any atom is 0.0480 e. The van der Waals surface area contributed by atoms with Crippen LogP contribution in [0.1, 0.15) is 19.4 Å². The molecule has 0 unspecified atom stereocenters. The predicted octanol–water partition coefficient (Wildman–Crippen LogP) is 3.25. The molecule has 0 bridgehead atoms. The number of hydrogen-bond acceptors (Lipinski definition) is 4. The highest BCUT2D eigenvalue weighted by Crippen LogP contribution is 2.42. The van der Waals surface area contributed by atoms with Crippen molar-refractivity contribution in [1.82, 2.24) is 0 Å². The second kappa shape index (κ2) is 6.20. The van der Waals surface area contributed by atoms with E-state index in [1.807, 2.05) is 18.2 Å². The first-order chi connectivity index (χ1) is 12.3. The fourth-order valence-corrected chi connectivity index (χ4v) is 4.16. The Bertz CT molecular complexity index is 859. The number of fused-ring (bicyclic) bond motifs is 1. The van der Waals surface area contributed by atoms with Crippen molar-refractivity contribution in [3.8, 4) is 0 Å². The van der Waals surface area contributed by atoms with Crippen LogP contribution in [0.25, 0.3) is 0 Å². The molecule has 2 heterocycles. The van der Waals surface area contributed by atoms with Gasteiger partial charge in [0.15, 0.2) is 0 Å². The number of carbonyl (C=O) groups excluding carboxylic acids is 1. The Morgan fingerprint density at radius 2 is 1.88 bits per heavy atom. The van der Waals surface area contributed by atoms with E-state index in [9.17, 15) is 9.90 Å². The van der Waals surface area contributed by atoms with Crippen LogP contribution in [0, 0.1) is 11.3 Å². The van der Waals surface area contributed by atoms with Gasteiger partial charge in [0.25, 0.3) is 0 Å². The molecule has 0 aliphatic carbocycles. The highest BCUT2D eigenvalue weighted by molar-refractivity contribution is 6.30. The molecule has 0 atom stereocenters. The summed E-state index contributed by atoms with van der Waals surface area (Å²) in [6.45, 7) is 6.50. The summed E-state index contributed by atoms with van der Waals surface area (Å²) in [4.78, 5) is 15.4. The summed E-state index contributed by atoms with van der Waals surface area (Å²) >= 11 is 6.22. The molecule has 0 amide bonds. The van der Waals surface area contributed by atoms with Gasteiger partial charge in [0.2, 0.25) is 0 Å². The molecule has 0 N–H and O–H groups in total. The average molecular weight is 370 g/mol. The number of carboxylic acid groups (broad SMARTS) is 1. The van der Waals surface area contributed by atoms with E-state index in [1.54, 1.807) is 0 Å². The third-order valence-electron chi connectivity index (χ3n) is 5.31.